The molecule has 0 fully saturated rings. The van der Waals surface area contributed by atoms with Crippen molar-refractivity contribution in [1.82, 2.24) is 4.90 Å². The second kappa shape index (κ2) is 18.9. The van der Waals surface area contributed by atoms with Gasteiger partial charge in [-0.2, -0.15) is 0 Å². The number of aliphatic hydroxyl groups excluding tert-OH is 1. The number of aliphatic hydroxyl groups is 1. The SMILES string of the molecule is C=NC(C)Cl.CCC.CCCCN(CCO)Cc1ccc(Br)cc1. The van der Waals surface area contributed by atoms with E-state index < -0.39 is 0 Å². The lowest BCUT2D eigenvalue weighted by atomic mass is 10.2. The van der Waals surface area contributed by atoms with Crippen molar-refractivity contribution in [3.63, 3.8) is 0 Å². The third-order valence-electron chi connectivity index (χ3n) is 2.82. The molecule has 0 saturated carbocycles. The van der Waals surface area contributed by atoms with Crippen molar-refractivity contribution in [2.24, 2.45) is 4.99 Å². The molecule has 1 unspecified atom stereocenters. The van der Waals surface area contributed by atoms with E-state index in [1.807, 2.05) is 0 Å². The fourth-order valence-electron chi connectivity index (χ4n) is 1.64. The third-order valence-corrected chi connectivity index (χ3v) is 3.48. The second-order valence-electron chi connectivity index (χ2n) is 5.44. The first kappa shape index (κ1) is 25.8. The molecule has 0 saturated heterocycles. The zero-order valence-electron chi connectivity index (χ0n) is 15.6. The Balaban J connectivity index is 0. The summed E-state index contributed by atoms with van der Waals surface area (Å²) in [4.78, 5) is 5.70. The van der Waals surface area contributed by atoms with Crippen molar-refractivity contribution in [3.8, 4) is 0 Å². The fraction of sp³-hybridized carbons (Fsp3) is 0.632. The van der Waals surface area contributed by atoms with Gasteiger partial charge in [-0.25, -0.2) is 0 Å². The fourth-order valence-corrected chi connectivity index (χ4v) is 1.91. The van der Waals surface area contributed by atoms with Crippen LogP contribution in [0.4, 0.5) is 0 Å². The molecular weight excluding hydrogens is 388 g/mol. The Morgan fingerprint density at radius 1 is 1.21 bits per heavy atom. The van der Waals surface area contributed by atoms with E-state index >= 15 is 0 Å². The van der Waals surface area contributed by atoms with Gasteiger partial charge in [-0.15, -0.1) is 0 Å². The Hall–Kier alpha value is -0.420. The Morgan fingerprint density at radius 2 is 1.71 bits per heavy atom. The maximum atomic E-state index is 9.01. The topological polar surface area (TPSA) is 35.8 Å². The molecule has 0 aliphatic heterocycles. The van der Waals surface area contributed by atoms with E-state index in [-0.39, 0.29) is 12.1 Å². The van der Waals surface area contributed by atoms with Crippen LogP contribution in [0.5, 0.6) is 0 Å². The van der Waals surface area contributed by atoms with E-state index in [2.05, 4.69) is 77.6 Å². The highest BCUT2D eigenvalue weighted by molar-refractivity contribution is 9.10. The second-order valence-corrected chi connectivity index (χ2v) is 6.99. The first-order valence-corrected chi connectivity index (χ1v) is 9.85. The molecule has 0 spiro atoms. The molecule has 0 radical (unpaired) electrons. The van der Waals surface area contributed by atoms with Crippen LogP contribution in [0, 0.1) is 0 Å². The molecule has 0 aliphatic carbocycles. The summed E-state index contributed by atoms with van der Waals surface area (Å²) in [6.07, 6.45) is 3.64. The molecule has 0 bridgehead atoms. The van der Waals surface area contributed by atoms with Gasteiger partial charge in [-0.05, 0) is 44.3 Å². The zero-order valence-corrected chi connectivity index (χ0v) is 18.0. The number of benzene rings is 1. The maximum Gasteiger partial charge on any atom is 0.120 e. The minimum atomic E-state index is -0.130. The Kier molecular flexibility index (Phi) is 20.3. The molecule has 0 aliphatic rings. The first-order valence-electron chi connectivity index (χ1n) is 8.62. The number of aliphatic imine (C=N–C) groups is 1. The van der Waals surface area contributed by atoms with Crippen LogP contribution in [0.25, 0.3) is 0 Å². The molecular formula is C19H34BrClN2O. The van der Waals surface area contributed by atoms with Gasteiger partial charge in [0.1, 0.15) is 5.50 Å². The van der Waals surface area contributed by atoms with Crippen LogP contribution in [0.1, 0.15) is 52.5 Å². The van der Waals surface area contributed by atoms with Gasteiger partial charge in [0.05, 0.1) is 6.61 Å². The summed E-state index contributed by atoms with van der Waals surface area (Å²) in [5.74, 6) is 0. The predicted molar refractivity (Wildman–Crippen MR) is 112 cm³/mol. The van der Waals surface area contributed by atoms with Crippen LogP contribution in [-0.4, -0.2) is 41.9 Å². The number of nitrogens with zero attached hydrogens (tertiary/aromatic N) is 2. The van der Waals surface area contributed by atoms with Gasteiger partial charge in [0.15, 0.2) is 0 Å². The standard InChI is InChI=1S/C13H20BrNO.C3H6ClN.C3H8/c1-2-3-8-15(9-10-16)11-12-4-6-13(14)7-5-12;1-3(4)5-2;1-3-2/h4-7,16H,2-3,8-11H2,1H3;3H,2H2,1H3;3H2,1-2H3. The molecule has 1 N–H and O–H groups in total. The number of hydrogen-bond donors (Lipinski definition) is 1. The molecule has 1 atom stereocenters. The minimum absolute atomic E-state index is 0.130. The Morgan fingerprint density at radius 3 is 2.08 bits per heavy atom. The van der Waals surface area contributed by atoms with Crippen molar-refractivity contribution in [3.05, 3.63) is 34.3 Å². The van der Waals surface area contributed by atoms with E-state index in [1.54, 1.807) is 6.92 Å². The average molecular weight is 422 g/mol. The van der Waals surface area contributed by atoms with Gasteiger partial charge in [-0.3, -0.25) is 9.89 Å². The average Bonchev–Trinajstić information content (AvgIpc) is 2.56. The summed E-state index contributed by atoms with van der Waals surface area (Å²) in [6.45, 7) is 14.4. The molecule has 5 heteroatoms. The van der Waals surface area contributed by atoms with Crippen LogP contribution < -0.4 is 0 Å². The Bertz CT molecular complexity index is 385. The summed E-state index contributed by atoms with van der Waals surface area (Å²) in [7, 11) is 0. The normalized spacial score (nSPS) is 11.0. The number of hydrogen-bond acceptors (Lipinski definition) is 3. The largest absolute Gasteiger partial charge is 0.395 e. The summed E-state index contributed by atoms with van der Waals surface area (Å²) < 4.78 is 1.11. The lowest BCUT2D eigenvalue weighted by molar-refractivity contribution is 0.188. The molecule has 3 nitrogen and oxygen atoms in total. The molecule has 0 heterocycles. The quantitative estimate of drug-likeness (QED) is 0.330. The zero-order chi connectivity index (χ0) is 18.8. The predicted octanol–water partition coefficient (Wildman–Crippen LogP) is 5.73. The van der Waals surface area contributed by atoms with Gasteiger partial charge in [0.25, 0.3) is 0 Å². The molecule has 0 aromatic heterocycles. The molecule has 140 valence electrons. The smallest absolute Gasteiger partial charge is 0.120 e. The van der Waals surface area contributed by atoms with E-state index in [9.17, 15) is 0 Å². The van der Waals surface area contributed by atoms with Crippen LogP contribution in [0.15, 0.2) is 33.7 Å². The van der Waals surface area contributed by atoms with Crippen LogP contribution >= 0.6 is 27.5 Å². The van der Waals surface area contributed by atoms with Gasteiger partial charge >= 0.3 is 0 Å². The van der Waals surface area contributed by atoms with Gasteiger partial charge in [0, 0.05) is 17.6 Å². The van der Waals surface area contributed by atoms with Crippen molar-refractivity contribution in [2.75, 3.05) is 19.7 Å². The van der Waals surface area contributed by atoms with Crippen molar-refractivity contribution in [2.45, 2.75) is 59.0 Å². The first-order chi connectivity index (χ1) is 11.4. The van der Waals surface area contributed by atoms with Crippen molar-refractivity contribution >= 4 is 34.2 Å². The highest BCUT2D eigenvalue weighted by Crippen LogP contribution is 2.12. The summed E-state index contributed by atoms with van der Waals surface area (Å²) >= 11 is 8.66. The number of halogens is 2. The summed E-state index contributed by atoms with van der Waals surface area (Å²) in [5.41, 5.74) is 1.17. The minimum Gasteiger partial charge on any atom is -0.395 e. The number of rotatable bonds is 8. The van der Waals surface area contributed by atoms with Crippen molar-refractivity contribution < 1.29 is 5.11 Å². The Labute approximate surface area is 162 Å². The number of unbranched alkanes of at least 4 members (excludes halogenated alkanes) is 1. The third kappa shape index (κ3) is 17.9. The lowest BCUT2D eigenvalue weighted by Crippen LogP contribution is -2.27. The highest BCUT2D eigenvalue weighted by atomic mass is 79.9. The highest BCUT2D eigenvalue weighted by Gasteiger charge is 2.04. The summed E-state index contributed by atoms with van der Waals surface area (Å²) in [5, 5.41) is 9.01. The monoisotopic (exact) mass is 420 g/mol. The van der Waals surface area contributed by atoms with Crippen LogP contribution in [-0.2, 0) is 6.54 Å². The van der Waals surface area contributed by atoms with Crippen LogP contribution in [0.2, 0.25) is 0 Å². The summed E-state index contributed by atoms with van der Waals surface area (Å²) in [6, 6.07) is 8.37. The molecule has 1 rings (SSSR count). The molecule has 0 amide bonds. The molecule has 1 aromatic carbocycles. The van der Waals surface area contributed by atoms with Gasteiger partial charge in [0.2, 0.25) is 0 Å². The number of alkyl halides is 1. The van der Waals surface area contributed by atoms with E-state index in [4.69, 9.17) is 16.7 Å². The van der Waals surface area contributed by atoms with Gasteiger partial charge in [-0.1, -0.05) is 73.3 Å². The van der Waals surface area contributed by atoms with Crippen LogP contribution in [0.3, 0.4) is 0 Å². The van der Waals surface area contributed by atoms with E-state index in [0.717, 1.165) is 24.1 Å². The maximum absolute atomic E-state index is 9.01. The van der Waals surface area contributed by atoms with Gasteiger partial charge < -0.3 is 5.11 Å². The van der Waals surface area contributed by atoms with E-state index in [1.165, 1.54) is 24.8 Å². The molecule has 1 aromatic rings. The van der Waals surface area contributed by atoms with Crippen molar-refractivity contribution in [1.29, 1.82) is 0 Å². The lowest BCUT2D eigenvalue weighted by Gasteiger charge is -2.21. The van der Waals surface area contributed by atoms with E-state index in [0.29, 0.717) is 0 Å². The molecule has 24 heavy (non-hydrogen) atoms.